The Kier molecular flexibility index (Phi) is 19.7. The zero-order chi connectivity index (χ0) is 60.9. The van der Waals surface area contributed by atoms with Crippen LogP contribution in [0.4, 0.5) is 17.1 Å². The lowest BCUT2D eigenvalue weighted by atomic mass is 9.78. The van der Waals surface area contributed by atoms with Gasteiger partial charge in [-0.25, -0.2) is 0 Å². The number of phenolic OH excluding ortho intramolecular Hbond substituents is 3. The van der Waals surface area contributed by atoms with Crippen molar-refractivity contribution >= 4 is 43.4 Å². The molecule has 13 heteroatoms. The van der Waals surface area contributed by atoms with Crippen molar-refractivity contribution < 1.29 is 43.3 Å². The largest absolute Gasteiger partial charge is 0.530 e. The van der Waals surface area contributed by atoms with E-state index in [0.29, 0.717) is 70.8 Å². The maximum absolute atomic E-state index is 13.3. The number of carbonyl (C=O) groups is 3. The van der Waals surface area contributed by atoms with Gasteiger partial charge >= 0.3 is 8.60 Å². The fourth-order valence-corrected chi connectivity index (χ4v) is 10.5. The highest BCUT2D eigenvalue weighted by molar-refractivity contribution is 7.43. The number of rotatable bonds is 18. The molecule has 82 heavy (non-hydrogen) atoms. The second-order valence-corrected chi connectivity index (χ2v) is 28.8. The third-order valence-corrected chi connectivity index (χ3v) is 15.3. The van der Waals surface area contributed by atoms with Gasteiger partial charge in [-0.1, -0.05) is 161 Å². The van der Waals surface area contributed by atoms with Gasteiger partial charge in [-0.3, -0.25) is 14.4 Å². The van der Waals surface area contributed by atoms with Crippen molar-refractivity contribution in [2.75, 3.05) is 16.0 Å². The Bertz CT molecular complexity index is 2770. The Balaban J connectivity index is 1.14. The number of benzene rings is 6. The Labute approximate surface area is 489 Å². The second kappa shape index (κ2) is 25.2. The maximum atomic E-state index is 13.3. The zero-order valence-electron chi connectivity index (χ0n) is 51.9. The molecule has 0 saturated heterocycles. The fraction of sp³-hybridized carbons (Fsp3) is 0.435. The summed E-state index contributed by atoms with van der Waals surface area (Å²) in [7, 11) is -2.15. The van der Waals surface area contributed by atoms with Crippen LogP contribution in [0.3, 0.4) is 0 Å². The van der Waals surface area contributed by atoms with Crippen molar-refractivity contribution in [3.8, 4) is 34.5 Å². The van der Waals surface area contributed by atoms with Crippen molar-refractivity contribution in [2.24, 2.45) is 0 Å². The topological polar surface area (TPSA) is 176 Å². The normalized spacial score (nSPS) is 12.5. The number of aromatic hydroxyl groups is 3. The molecular weight excluding hydrogens is 1050 g/mol. The van der Waals surface area contributed by atoms with Crippen molar-refractivity contribution in [1.82, 2.24) is 0 Å². The average Bonchev–Trinajstić information content (AvgIpc) is 3.38. The van der Waals surface area contributed by atoms with E-state index in [1.807, 2.05) is 36.4 Å². The Hall–Kier alpha value is -7.04. The van der Waals surface area contributed by atoms with Crippen LogP contribution < -0.4 is 29.5 Å². The Morgan fingerprint density at radius 1 is 0.341 bits per heavy atom. The highest BCUT2D eigenvalue weighted by Crippen LogP contribution is 2.45. The van der Waals surface area contributed by atoms with Gasteiger partial charge < -0.3 is 44.8 Å². The van der Waals surface area contributed by atoms with Crippen molar-refractivity contribution in [1.29, 1.82) is 0 Å². The molecule has 6 aromatic carbocycles. The van der Waals surface area contributed by atoms with Gasteiger partial charge in [0, 0.05) is 36.3 Å². The van der Waals surface area contributed by atoms with Crippen LogP contribution in [0.1, 0.15) is 194 Å². The summed E-state index contributed by atoms with van der Waals surface area (Å²) in [6.07, 6.45) is 2.20. The predicted molar refractivity (Wildman–Crippen MR) is 336 cm³/mol. The number of anilines is 3. The highest BCUT2D eigenvalue weighted by atomic mass is 31.2. The zero-order valence-corrected chi connectivity index (χ0v) is 52.8. The van der Waals surface area contributed by atoms with E-state index >= 15 is 0 Å². The third-order valence-electron chi connectivity index (χ3n) is 14.2. The molecule has 6 N–H and O–H groups in total. The van der Waals surface area contributed by atoms with Gasteiger partial charge in [-0.05, 0) is 175 Å². The molecule has 0 fully saturated rings. The lowest BCUT2D eigenvalue weighted by Gasteiger charge is -2.28. The van der Waals surface area contributed by atoms with Gasteiger partial charge in [0.15, 0.2) is 0 Å². The van der Waals surface area contributed by atoms with E-state index in [2.05, 4.69) is 141 Å². The van der Waals surface area contributed by atoms with Crippen molar-refractivity contribution in [3.63, 3.8) is 0 Å². The maximum Gasteiger partial charge on any atom is 0.530 e. The number of phenols is 3. The summed E-state index contributed by atoms with van der Waals surface area (Å²) in [5, 5.41) is 42.6. The van der Waals surface area contributed by atoms with Crippen molar-refractivity contribution in [3.05, 3.63) is 159 Å². The summed E-state index contributed by atoms with van der Waals surface area (Å²) in [5.41, 5.74) is 8.11. The van der Waals surface area contributed by atoms with Crippen LogP contribution in [0.5, 0.6) is 34.5 Å². The molecule has 0 aliphatic rings. The lowest BCUT2D eigenvalue weighted by Crippen LogP contribution is -2.18. The number of aryl methyl sites for hydroxylation is 3. The molecule has 0 heterocycles. The monoisotopic (exact) mass is 1140 g/mol. The molecule has 12 nitrogen and oxygen atoms in total. The van der Waals surface area contributed by atoms with E-state index < -0.39 is 8.60 Å². The molecular formula is C69H90N3O9P. The molecule has 0 aliphatic heterocycles. The van der Waals surface area contributed by atoms with Gasteiger partial charge in [0.1, 0.15) is 34.5 Å². The lowest BCUT2D eigenvalue weighted by molar-refractivity contribution is -0.117. The van der Waals surface area contributed by atoms with E-state index in [1.165, 1.54) is 0 Å². The smallest absolute Gasteiger partial charge is 0.507 e. The van der Waals surface area contributed by atoms with Crippen LogP contribution in [0.15, 0.2) is 109 Å². The molecule has 6 aromatic rings. The first kappa shape index (κ1) is 64.1. The van der Waals surface area contributed by atoms with Crippen LogP contribution in [0.25, 0.3) is 0 Å². The summed E-state index contributed by atoms with van der Waals surface area (Å²) in [6, 6.07) is 32.8. The number of amides is 3. The molecule has 0 aromatic heterocycles. The Morgan fingerprint density at radius 2 is 0.524 bits per heavy atom. The summed E-state index contributed by atoms with van der Waals surface area (Å²) in [6.45, 7) is 37.3. The quantitative estimate of drug-likeness (QED) is 0.0458. The average molecular weight is 1140 g/mol. The first-order chi connectivity index (χ1) is 37.8. The van der Waals surface area contributed by atoms with Gasteiger partial charge in [0.2, 0.25) is 17.7 Å². The second-order valence-electron chi connectivity index (χ2n) is 27.8. The molecule has 0 spiro atoms. The minimum atomic E-state index is -2.15. The highest BCUT2D eigenvalue weighted by Gasteiger charge is 2.30. The number of hydrogen-bond acceptors (Lipinski definition) is 9. The summed E-state index contributed by atoms with van der Waals surface area (Å²) in [4.78, 5) is 40.0. The molecule has 0 saturated carbocycles. The van der Waals surface area contributed by atoms with Gasteiger partial charge in [-0.15, -0.1) is 0 Å². The van der Waals surface area contributed by atoms with E-state index in [9.17, 15) is 29.7 Å². The molecule has 0 bridgehead atoms. The number of carbonyl (C=O) groups excluding carboxylic acids is 3. The van der Waals surface area contributed by atoms with Gasteiger partial charge in [0.25, 0.3) is 0 Å². The SMILES string of the molecule is CC(C)(C)c1cc(CCC(=O)Nc2ccc(OP(Oc3ccc(NC(=O)CCc4cc(C(C)(C)C)c(O)c(C(C)(C)C)c4)cc3)Oc3ccc(NC(=O)CCc4cc(C(C)(C)C)c(O)c(C(C)(C)C)c4)cc3)cc2)cc(C(C)(C)C)c1O. The summed E-state index contributed by atoms with van der Waals surface area (Å²) < 4.78 is 19.1. The van der Waals surface area contributed by atoms with Crippen LogP contribution in [0.2, 0.25) is 0 Å². The van der Waals surface area contributed by atoms with E-state index in [1.54, 1.807) is 72.8 Å². The molecule has 3 amide bonds. The third kappa shape index (κ3) is 17.7. The van der Waals surface area contributed by atoms with Crippen LogP contribution in [-0.2, 0) is 66.1 Å². The van der Waals surface area contributed by atoms with Gasteiger partial charge in [-0.2, -0.15) is 0 Å². The van der Waals surface area contributed by atoms with E-state index in [4.69, 9.17) is 13.6 Å². The standard InChI is InChI=1S/C69H90N3O9P/c1-64(2,3)52-37-43(38-53(61(52)76)65(4,5)6)19-34-58(73)70-46-22-28-49(29-23-46)79-82(80-50-30-24-47(25-31-50)71-59(74)35-20-44-39-54(66(7,8)9)62(77)55(40-44)67(10,11)12)81-51-32-26-48(27-33-51)72-60(75)36-21-45-41-56(68(13,14)15)63(78)57(42-45)69(16,17)18/h22-33,37-42,76-78H,19-21,34-36H2,1-18H3,(H,70,73)(H,71,74)(H,72,75). The predicted octanol–water partition coefficient (Wildman–Crippen LogP) is 17.1. The molecule has 6 rings (SSSR count). The van der Waals surface area contributed by atoms with Crippen LogP contribution in [-0.4, -0.2) is 33.0 Å². The molecule has 0 unspecified atom stereocenters. The first-order valence-electron chi connectivity index (χ1n) is 28.5. The van der Waals surface area contributed by atoms with E-state index in [-0.39, 0.29) is 69.5 Å². The molecule has 440 valence electrons. The number of hydrogen-bond donors (Lipinski definition) is 6. The van der Waals surface area contributed by atoms with Crippen LogP contribution >= 0.6 is 8.60 Å². The Morgan fingerprint density at radius 3 is 0.695 bits per heavy atom. The minimum Gasteiger partial charge on any atom is -0.507 e. The fourth-order valence-electron chi connectivity index (χ4n) is 9.50. The molecule has 0 aliphatic carbocycles. The summed E-state index contributed by atoms with van der Waals surface area (Å²) >= 11 is 0. The van der Waals surface area contributed by atoms with E-state index in [0.717, 1.165) is 50.1 Å². The first-order valence-corrected chi connectivity index (χ1v) is 29.6. The molecule has 0 radical (unpaired) electrons. The molecule has 0 atom stereocenters. The minimum absolute atomic E-state index is 0.159. The van der Waals surface area contributed by atoms with Crippen molar-refractivity contribution in [2.45, 2.75) is 196 Å². The number of nitrogens with one attached hydrogen (secondary N) is 3. The summed E-state index contributed by atoms with van der Waals surface area (Å²) in [5.74, 6) is 1.69. The van der Waals surface area contributed by atoms with Gasteiger partial charge in [0.05, 0.1) is 0 Å². The van der Waals surface area contributed by atoms with Crippen LogP contribution in [0, 0.1) is 0 Å².